The van der Waals surface area contributed by atoms with Gasteiger partial charge in [0.2, 0.25) is 6.29 Å². The second kappa shape index (κ2) is 12.0. The van der Waals surface area contributed by atoms with Gasteiger partial charge in [-0.3, -0.25) is 9.59 Å². The minimum Gasteiger partial charge on any atom is -0.480 e. The van der Waals surface area contributed by atoms with E-state index < -0.39 is 29.6 Å². The van der Waals surface area contributed by atoms with Gasteiger partial charge < -0.3 is 19.9 Å². The number of hydrogen-bond acceptors (Lipinski definition) is 6. The van der Waals surface area contributed by atoms with Crippen LogP contribution in [-0.4, -0.2) is 47.0 Å². The van der Waals surface area contributed by atoms with Crippen LogP contribution in [-0.2, 0) is 19.1 Å². The molecule has 0 unspecified atom stereocenters. The lowest BCUT2D eigenvalue weighted by Gasteiger charge is -2.18. The van der Waals surface area contributed by atoms with Crippen molar-refractivity contribution in [1.82, 2.24) is 5.32 Å². The number of aliphatic carboxylic acids is 1. The second-order valence-corrected chi connectivity index (χ2v) is 7.02. The first-order valence-corrected chi connectivity index (χ1v) is 9.25. The lowest BCUT2D eigenvalue weighted by atomic mass is 10.1. The van der Waals surface area contributed by atoms with E-state index in [1.165, 1.54) is 18.7 Å². The van der Waals surface area contributed by atoms with Gasteiger partial charge in [-0.2, -0.15) is 0 Å². The topological polar surface area (TPSA) is 102 Å². The first-order chi connectivity index (χ1) is 11.2. The summed E-state index contributed by atoms with van der Waals surface area (Å²) in [4.78, 5) is 34.3. The summed E-state index contributed by atoms with van der Waals surface area (Å²) >= 11 is 1.31. The van der Waals surface area contributed by atoms with E-state index in [0.717, 1.165) is 18.6 Å². The van der Waals surface area contributed by atoms with E-state index in [2.05, 4.69) is 19.2 Å². The maximum absolute atomic E-state index is 11.7. The molecule has 0 aromatic heterocycles. The van der Waals surface area contributed by atoms with Gasteiger partial charge in [-0.05, 0) is 11.7 Å². The van der Waals surface area contributed by atoms with Crippen LogP contribution in [0, 0.1) is 11.8 Å². The third-order valence-corrected chi connectivity index (χ3v) is 4.86. The smallest absolute Gasteiger partial charge is 0.410 e. The number of amides is 1. The first-order valence-electron chi connectivity index (χ1n) is 8.20. The number of carbonyl (C=O) groups is 3. The second-order valence-electron chi connectivity index (χ2n) is 5.79. The highest BCUT2D eigenvalue weighted by molar-refractivity contribution is 8.00. The fraction of sp³-hybridized carbons (Fsp3) is 0.812. The van der Waals surface area contributed by atoms with Crippen molar-refractivity contribution in [2.45, 2.75) is 59.0 Å². The number of esters is 1. The molecule has 0 aromatic carbocycles. The van der Waals surface area contributed by atoms with Gasteiger partial charge in [-0.15, -0.1) is 11.8 Å². The largest absolute Gasteiger partial charge is 0.480 e. The molecule has 0 bridgehead atoms. The zero-order valence-corrected chi connectivity index (χ0v) is 15.9. The molecule has 0 rings (SSSR count). The fourth-order valence-electron chi connectivity index (χ4n) is 1.69. The molecule has 2 N–H and O–H groups in total. The van der Waals surface area contributed by atoms with Crippen LogP contribution in [0.2, 0.25) is 0 Å². The van der Waals surface area contributed by atoms with Crippen LogP contribution < -0.4 is 5.32 Å². The molecule has 0 aromatic rings. The van der Waals surface area contributed by atoms with Gasteiger partial charge in [-0.25, -0.2) is 4.79 Å². The van der Waals surface area contributed by atoms with Crippen molar-refractivity contribution >= 4 is 29.8 Å². The van der Waals surface area contributed by atoms with Gasteiger partial charge in [0.05, 0.1) is 5.92 Å². The zero-order chi connectivity index (χ0) is 18.7. The van der Waals surface area contributed by atoms with Crippen LogP contribution in [0.5, 0.6) is 0 Å². The van der Waals surface area contributed by atoms with Crippen LogP contribution in [0.1, 0.15) is 47.5 Å². The van der Waals surface area contributed by atoms with Crippen molar-refractivity contribution in [3.05, 3.63) is 0 Å². The summed E-state index contributed by atoms with van der Waals surface area (Å²) in [6, 6.07) is 0. The minimum absolute atomic E-state index is 0.0518. The molecule has 24 heavy (non-hydrogen) atoms. The predicted molar refractivity (Wildman–Crippen MR) is 92.8 cm³/mol. The lowest BCUT2D eigenvalue weighted by Crippen LogP contribution is -2.37. The zero-order valence-electron chi connectivity index (χ0n) is 15.0. The summed E-state index contributed by atoms with van der Waals surface area (Å²) in [5, 5.41) is 10.9. The normalized spacial score (nSPS) is 13.5. The number of alkyl carbamates (subject to hydrolysis) is 1. The molecular formula is C16H29NO6S. The molecule has 0 fully saturated rings. The summed E-state index contributed by atoms with van der Waals surface area (Å²) in [6.07, 6.45) is 0.141. The Bertz CT molecular complexity index is 411. The SMILES string of the molecule is CCC(CC)CS[C@@H](CNC(=O)O[C@@H](C)OC(=O)C(C)C)C(=O)O. The number of carboxylic acid groups (broad SMARTS) is 1. The highest BCUT2D eigenvalue weighted by Crippen LogP contribution is 2.19. The number of hydrogen-bond donors (Lipinski definition) is 2. The van der Waals surface area contributed by atoms with E-state index in [-0.39, 0.29) is 12.5 Å². The standard InChI is InChI=1S/C16H29NO6S/c1-6-12(7-2)9-24-13(14(18)19)8-17-16(21)23-11(5)22-15(20)10(3)4/h10-13H,6-9H2,1-5H3,(H,17,21)(H,18,19)/t11-,13-/m0/s1. The minimum atomic E-state index is -1.03. The molecule has 0 aliphatic carbocycles. The molecule has 0 saturated heterocycles. The van der Waals surface area contributed by atoms with Crippen molar-refractivity contribution < 1.29 is 29.0 Å². The monoisotopic (exact) mass is 363 g/mol. The van der Waals surface area contributed by atoms with Crippen LogP contribution >= 0.6 is 11.8 Å². The Morgan fingerprint density at radius 3 is 2.12 bits per heavy atom. The maximum Gasteiger partial charge on any atom is 0.410 e. The van der Waals surface area contributed by atoms with Gasteiger partial charge in [0.15, 0.2) is 0 Å². The Morgan fingerprint density at radius 2 is 1.67 bits per heavy atom. The average Bonchev–Trinajstić information content (AvgIpc) is 2.50. The number of nitrogens with one attached hydrogen (secondary N) is 1. The van der Waals surface area contributed by atoms with E-state index in [4.69, 9.17) is 9.47 Å². The van der Waals surface area contributed by atoms with Crippen LogP contribution in [0.15, 0.2) is 0 Å². The Hall–Kier alpha value is -1.44. The van der Waals surface area contributed by atoms with Crippen molar-refractivity contribution in [1.29, 1.82) is 0 Å². The predicted octanol–water partition coefficient (Wildman–Crippen LogP) is 2.88. The third kappa shape index (κ3) is 9.64. The highest BCUT2D eigenvalue weighted by Gasteiger charge is 2.22. The van der Waals surface area contributed by atoms with Crippen molar-refractivity contribution in [2.24, 2.45) is 11.8 Å². The molecule has 7 nitrogen and oxygen atoms in total. The van der Waals surface area contributed by atoms with Gasteiger partial charge in [0.25, 0.3) is 0 Å². The molecule has 0 saturated carbocycles. The van der Waals surface area contributed by atoms with Gasteiger partial charge >= 0.3 is 18.0 Å². The molecule has 0 heterocycles. The van der Waals surface area contributed by atoms with Gasteiger partial charge in [-0.1, -0.05) is 40.5 Å². The van der Waals surface area contributed by atoms with E-state index in [0.29, 0.717) is 5.92 Å². The molecule has 0 aliphatic rings. The number of rotatable bonds is 11. The molecule has 2 atom stereocenters. The Kier molecular flexibility index (Phi) is 11.3. The average molecular weight is 363 g/mol. The molecule has 0 radical (unpaired) electrons. The van der Waals surface area contributed by atoms with E-state index in [9.17, 15) is 19.5 Å². The number of thioether (sulfide) groups is 1. The van der Waals surface area contributed by atoms with Crippen molar-refractivity contribution in [3.8, 4) is 0 Å². The molecule has 8 heteroatoms. The number of carbonyl (C=O) groups excluding carboxylic acids is 2. The summed E-state index contributed by atoms with van der Waals surface area (Å²) in [6.45, 7) is 8.85. The van der Waals surface area contributed by atoms with Crippen LogP contribution in [0.25, 0.3) is 0 Å². The summed E-state index contributed by atoms with van der Waals surface area (Å²) < 4.78 is 9.78. The Balaban J connectivity index is 4.27. The third-order valence-electron chi connectivity index (χ3n) is 3.42. The Morgan fingerprint density at radius 1 is 1.08 bits per heavy atom. The van der Waals surface area contributed by atoms with Crippen molar-refractivity contribution in [3.63, 3.8) is 0 Å². The van der Waals surface area contributed by atoms with Crippen molar-refractivity contribution in [2.75, 3.05) is 12.3 Å². The Labute approximate surface area is 147 Å². The first kappa shape index (κ1) is 22.6. The van der Waals surface area contributed by atoms with E-state index in [1.54, 1.807) is 13.8 Å². The molecule has 0 spiro atoms. The molecule has 140 valence electrons. The maximum atomic E-state index is 11.7. The molecule has 1 amide bonds. The van der Waals surface area contributed by atoms with Gasteiger partial charge in [0, 0.05) is 13.5 Å². The van der Waals surface area contributed by atoms with E-state index in [1.807, 2.05) is 0 Å². The molecule has 0 aliphatic heterocycles. The van der Waals surface area contributed by atoms with Crippen LogP contribution in [0.3, 0.4) is 0 Å². The summed E-state index contributed by atoms with van der Waals surface area (Å²) in [5.41, 5.74) is 0. The number of carboxylic acids is 1. The summed E-state index contributed by atoms with van der Waals surface area (Å²) in [5.74, 6) is -0.593. The van der Waals surface area contributed by atoms with Gasteiger partial charge in [0.1, 0.15) is 5.25 Å². The van der Waals surface area contributed by atoms with E-state index >= 15 is 0 Å². The number of ether oxygens (including phenoxy) is 2. The fourth-order valence-corrected chi connectivity index (χ4v) is 3.01. The summed E-state index contributed by atoms with van der Waals surface area (Å²) in [7, 11) is 0. The lowest BCUT2D eigenvalue weighted by molar-refractivity contribution is -0.168. The quantitative estimate of drug-likeness (QED) is 0.430. The molecular weight excluding hydrogens is 334 g/mol. The van der Waals surface area contributed by atoms with Crippen LogP contribution in [0.4, 0.5) is 4.79 Å². The highest BCUT2D eigenvalue weighted by atomic mass is 32.2.